The Morgan fingerprint density at radius 2 is 1.87 bits per heavy atom. The van der Waals surface area contributed by atoms with Crippen LogP contribution in [0.3, 0.4) is 0 Å². The van der Waals surface area contributed by atoms with Gasteiger partial charge in [0, 0.05) is 30.7 Å². The fourth-order valence-corrected chi connectivity index (χ4v) is 4.01. The van der Waals surface area contributed by atoms with Crippen molar-refractivity contribution < 1.29 is 19.0 Å². The topological polar surface area (TPSA) is 60.2 Å². The highest BCUT2D eigenvalue weighted by molar-refractivity contribution is 7.85. The molecule has 0 aromatic heterocycles. The van der Waals surface area contributed by atoms with E-state index in [1.54, 1.807) is 0 Å². The van der Waals surface area contributed by atoms with E-state index in [0.29, 0.717) is 13.0 Å². The highest BCUT2D eigenvalue weighted by atomic mass is 32.2. The molecule has 0 atom stereocenters. The molecular formula is C18H22NO3S+. The lowest BCUT2D eigenvalue weighted by Crippen LogP contribution is -2.27. The van der Waals surface area contributed by atoms with Gasteiger partial charge < -0.3 is 4.55 Å². The first-order valence-corrected chi connectivity index (χ1v) is 9.37. The normalized spacial score (nSPS) is 16.9. The van der Waals surface area contributed by atoms with Gasteiger partial charge in [-0.15, -0.1) is 0 Å². The van der Waals surface area contributed by atoms with E-state index in [2.05, 4.69) is 49.6 Å². The lowest BCUT2D eigenvalue weighted by molar-refractivity contribution is -0.438. The maximum Gasteiger partial charge on any atom is 1.00 e. The van der Waals surface area contributed by atoms with Crippen LogP contribution in [0.5, 0.6) is 0 Å². The molecule has 0 bridgehead atoms. The van der Waals surface area contributed by atoms with Crippen molar-refractivity contribution in [2.24, 2.45) is 0 Å². The third-order valence-corrected chi connectivity index (χ3v) is 5.70. The third-order valence-electron chi connectivity index (χ3n) is 4.91. The second-order valence-electron chi connectivity index (χ2n) is 6.66. The van der Waals surface area contributed by atoms with E-state index < -0.39 is 10.1 Å². The molecule has 0 spiro atoms. The summed E-state index contributed by atoms with van der Waals surface area (Å²) in [5, 5.41) is 2.43. The van der Waals surface area contributed by atoms with E-state index in [1.165, 1.54) is 22.0 Å². The maximum atomic E-state index is 10.9. The van der Waals surface area contributed by atoms with Gasteiger partial charge in [-0.2, -0.15) is 4.58 Å². The first kappa shape index (κ1) is 16.1. The highest BCUT2D eigenvalue weighted by Gasteiger charge is 2.43. The zero-order valence-electron chi connectivity index (χ0n) is 14.7. The molecule has 1 aliphatic heterocycles. The fraction of sp³-hybridized carbons (Fsp3) is 0.389. The molecule has 0 fully saturated rings. The van der Waals surface area contributed by atoms with Crippen molar-refractivity contribution in [2.45, 2.75) is 32.6 Å². The lowest BCUT2D eigenvalue weighted by Gasteiger charge is -2.17. The van der Waals surface area contributed by atoms with Crippen LogP contribution in [0.15, 0.2) is 36.4 Å². The molecule has 0 amide bonds. The second-order valence-corrected chi connectivity index (χ2v) is 8.18. The van der Waals surface area contributed by atoms with E-state index in [9.17, 15) is 13.0 Å². The molecule has 2 aromatic rings. The Morgan fingerprint density at radius 3 is 2.57 bits per heavy atom. The number of hydrogen-bond donors (Lipinski definition) is 0. The van der Waals surface area contributed by atoms with Crippen LogP contribution in [-0.4, -0.2) is 35.6 Å². The molecular weight excluding hydrogens is 310 g/mol. The molecule has 0 radical (unpaired) electrons. The van der Waals surface area contributed by atoms with Crippen LogP contribution in [0.4, 0.5) is 5.69 Å². The molecule has 122 valence electrons. The van der Waals surface area contributed by atoms with Crippen LogP contribution in [0, 0.1) is 0 Å². The predicted octanol–water partition coefficient (Wildman–Crippen LogP) is 3.28. The van der Waals surface area contributed by atoms with Crippen molar-refractivity contribution in [3.63, 3.8) is 0 Å². The Morgan fingerprint density at radius 1 is 1.17 bits per heavy atom. The van der Waals surface area contributed by atoms with Crippen LogP contribution in [-0.2, 0) is 15.5 Å². The summed E-state index contributed by atoms with van der Waals surface area (Å²) >= 11 is 0. The number of fused-ring (bicyclic) bond motifs is 3. The van der Waals surface area contributed by atoms with Crippen LogP contribution in [0.25, 0.3) is 10.8 Å². The van der Waals surface area contributed by atoms with Crippen LogP contribution < -0.4 is 0 Å². The Labute approximate surface area is 138 Å². The molecule has 23 heavy (non-hydrogen) atoms. The van der Waals surface area contributed by atoms with E-state index in [4.69, 9.17) is 0 Å². The first-order chi connectivity index (χ1) is 10.7. The molecule has 5 heteroatoms. The van der Waals surface area contributed by atoms with Gasteiger partial charge in [0.2, 0.25) is 5.69 Å². The molecule has 0 aliphatic carbocycles. The van der Waals surface area contributed by atoms with Gasteiger partial charge in [0.1, 0.15) is 6.54 Å². The molecule has 0 N–H and O–H groups in total. The summed E-state index contributed by atoms with van der Waals surface area (Å²) in [4.78, 5) is 0. The minimum absolute atomic E-state index is 0. The fourth-order valence-electron chi connectivity index (χ4n) is 3.53. The van der Waals surface area contributed by atoms with Crippen molar-refractivity contribution in [1.82, 2.24) is 0 Å². The Hall–Kier alpha value is -1.72. The Balaban J connectivity index is 0.00000208. The van der Waals surface area contributed by atoms with Gasteiger partial charge in [-0.3, -0.25) is 0 Å². The van der Waals surface area contributed by atoms with Gasteiger partial charge in [-0.25, -0.2) is 8.42 Å². The molecule has 0 saturated heterocycles. The largest absolute Gasteiger partial charge is 1.00 e. The Bertz CT molecular complexity index is 917. The number of benzene rings is 2. The third kappa shape index (κ3) is 2.79. The lowest BCUT2D eigenvalue weighted by atomic mass is 9.80. The van der Waals surface area contributed by atoms with E-state index in [-0.39, 0.29) is 12.6 Å². The number of hydrogen-bond acceptors (Lipinski definition) is 3. The van der Waals surface area contributed by atoms with E-state index in [1.807, 2.05) is 12.1 Å². The van der Waals surface area contributed by atoms with Gasteiger partial charge in [-0.05, 0) is 30.7 Å². The van der Waals surface area contributed by atoms with Gasteiger partial charge >= 0.3 is 1.43 Å². The second kappa shape index (κ2) is 5.42. The summed E-state index contributed by atoms with van der Waals surface area (Å²) in [5.74, 6) is -0.319. The van der Waals surface area contributed by atoms with Crippen LogP contribution in [0.1, 0.15) is 34.2 Å². The minimum atomic E-state index is -4.16. The van der Waals surface area contributed by atoms with E-state index >= 15 is 0 Å². The van der Waals surface area contributed by atoms with Crippen molar-refractivity contribution in [2.75, 3.05) is 12.3 Å². The average Bonchev–Trinajstić information content (AvgIpc) is 2.67. The molecule has 0 saturated carbocycles. The van der Waals surface area contributed by atoms with Crippen molar-refractivity contribution in [3.05, 3.63) is 42.0 Å². The van der Waals surface area contributed by atoms with Gasteiger partial charge in [0.05, 0.1) is 15.5 Å². The van der Waals surface area contributed by atoms with Crippen LogP contribution >= 0.6 is 0 Å². The zero-order valence-corrected chi connectivity index (χ0v) is 14.5. The SMILES string of the molecule is CC1=[N+](CCCS(=O)(=O)[O-])c2ccc3ccccc3c2C1(C)C.[H+]. The first-order valence-electron chi connectivity index (χ1n) is 7.79. The molecule has 1 aliphatic rings. The number of rotatable bonds is 4. The van der Waals surface area contributed by atoms with Gasteiger partial charge in [0.25, 0.3) is 0 Å². The summed E-state index contributed by atoms with van der Waals surface area (Å²) in [6, 6.07) is 12.5. The monoisotopic (exact) mass is 332 g/mol. The molecule has 1 heterocycles. The van der Waals surface area contributed by atoms with Gasteiger partial charge in [0.15, 0.2) is 5.71 Å². The van der Waals surface area contributed by atoms with Crippen molar-refractivity contribution >= 4 is 32.3 Å². The quantitative estimate of drug-likeness (QED) is 0.637. The standard InChI is InChI=1S/C18H21NO3S/c1-13-18(2,3)17-15-8-5-4-7-14(15)9-10-16(17)19(13)11-6-12-23(20,21)22/h4-5,7-10H,6,11-12H2,1-3H3/p+1. The van der Waals surface area contributed by atoms with Gasteiger partial charge in [-0.1, -0.05) is 24.3 Å². The van der Waals surface area contributed by atoms with E-state index in [0.717, 1.165) is 5.69 Å². The maximum absolute atomic E-state index is 10.9. The summed E-state index contributed by atoms with van der Waals surface area (Å²) < 4.78 is 34.7. The smallest absolute Gasteiger partial charge is 0.748 e. The summed E-state index contributed by atoms with van der Waals surface area (Å²) in [7, 11) is -4.16. The molecule has 0 unspecified atom stereocenters. The number of nitrogens with zero attached hydrogens (tertiary/aromatic N) is 1. The summed E-state index contributed by atoms with van der Waals surface area (Å²) in [5.41, 5.74) is 3.46. The van der Waals surface area contributed by atoms with Crippen LogP contribution in [0.2, 0.25) is 0 Å². The molecule has 4 nitrogen and oxygen atoms in total. The molecule has 3 rings (SSSR count). The zero-order chi connectivity index (χ0) is 16.8. The van der Waals surface area contributed by atoms with Crippen molar-refractivity contribution in [1.29, 1.82) is 0 Å². The van der Waals surface area contributed by atoms with Crippen molar-refractivity contribution in [3.8, 4) is 0 Å². The minimum Gasteiger partial charge on any atom is -0.748 e. The highest BCUT2D eigenvalue weighted by Crippen LogP contribution is 2.43. The summed E-state index contributed by atoms with van der Waals surface area (Å²) in [6.45, 7) is 7.01. The Kier molecular flexibility index (Phi) is 3.81. The average molecular weight is 332 g/mol. The predicted molar refractivity (Wildman–Crippen MR) is 92.7 cm³/mol. The molecule has 2 aromatic carbocycles. The summed E-state index contributed by atoms with van der Waals surface area (Å²) in [6.07, 6.45) is 0.339.